The van der Waals surface area contributed by atoms with Crippen LogP contribution in [0.25, 0.3) is 0 Å². The summed E-state index contributed by atoms with van der Waals surface area (Å²) in [4.78, 5) is 34.7. The van der Waals surface area contributed by atoms with Crippen LogP contribution in [0.1, 0.15) is 85.5 Å². The summed E-state index contributed by atoms with van der Waals surface area (Å²) in [6.07, 6.45) is 10.6. The Bertz CT molecular complexity index is 705. The molecule has 0 aliphatic heterocycles. The van der Waals surface area contributed by atoms with Gasteiger partial charge in [-0.1, -0.05) is 18.1 Å². The Morgan fingerprint density at radius 2 is 1.48 bits per heavy atom. The van der Waals surface area contributed by atoms with Gasteiger partial charge in [-0.2, -0.15) is 0 Å². The number of hydrogen-bond donors (Lipinski definition) is 2. The van der Waals surface area contributed by atoms with Crippen LogP contribution in [0.15, 0.2) is 34.4 Å². The smallest absolute Gasteiger partial charge is 0.334 e. The quantitative estimate of drug-likeness (QED) is 0.294. The molecule has 1 aliphatic rings. The molecule has 0 aromatic carbocycles. The van der Waals surface area contributed by atoms with E-state index in [2.05, 4.69) is 0 Å². The fraction of sp³-hybridized carbons (Fsp3) is 0.609. The Kier molecular flexibility index (Phi) is 9.86. The van der Waals surface area contributed by atoms with E-state index in [-0.39, 0.29) is 11.5 Å². The lowest BCUT2D eigenvalue weighted by atomic mass is 9.83. The standard InChI is InChI=1S/C23H34O6/c1-16(11-7-5-8-12-17(2)20(24)25)19(4)22(28)29-23(13-9-6-10-14-23)15-18(3)21(26)27/h12,15H,5-11,13-14H2,1-4H3,(H,24,25)(H,26,27). The van der Waals surface area contributed by atoms with Crippen molar-refractivity contribution in [3.8, 4) is 0 Å². The first-order valence-corrected chi connectivity index (χ1v) is 10.3. The predicted octanol–water partition coefficient (Wildman–Crippen LogP) is 5.19. The van der Waals surface area contributed by atoms with Gasteiger partial charge in [0.05, 0.1) is 0 Å². The summed E-state index contributed by atoms with van der Waals surface area (Å²) in [5.41, 5.74) is 1.22. The molecule has 6 nitrogen and oxygen atoms in total. The van der Waals surface area contributed by atoms with Crippen LogP contribution in [0.2, 0.25) is 0 Å². The largest absolute Gasteiger partial charge is 0.478 e. The molecule has 1 aliphatic carbocycles. The minimum Gasteiger partial charge on any atom is -0.478 e. The minimum absolute atomic E-state index is 0.197. The van der Waals surface area contributed by atoms with E-state index in [1.165, 1.54) is 6.92 Å². The van der Waals surface area contributed by atoms with Gasteiger partial charge in [-0.25, -0.2) is 14.4 Å². The fourth-order valence-electron chi connectivity index (χ4n) is 3.45. The molecule has 0 amide bonds. The van der Waals surface area contributed by atoms with Crippen molar-refractivity contribution in [2.75, 3.05) is 0 Å². The predicted molar refractivity (Wildman–Crippen MR) is 112 cm³/mol. The third kappa shape index (κ3) is 8.26. The summed E-state index contributed by atoms with van der Waals surface area (Å²) >= 11 is 0. The van der Waals surface area contributed by atoms with Crippen LogP contribution in [-0.4, -0.2) is 33.7 Å². The summed E-state index contributed by atoms with van der Waals surface area (Å²) in [7, 11) is 0. The van der Waals surface area contributed by atoms with Gasteiger partial charge in [-0.3, -0.25) is 0 Å². The molecular formula is C23H34O6. The molecule has 6 heteroatoms. The van der Waals surface area contributed by atoms with E-state index < -0.39 is 17.5 Å². The molecule has 0 unspecified atom stereocenters. The van der Waals surface area contributed by atoms with Crippen molar-refractivity contribution in [2.45, 2.75) is 91.1 Å². The topological polar surface area (TPSA) is 101 Å². The molecule has 0 bridgehead atoms. The van der Waals surface area contributed by atoms with E-state index in [0.717, 1.165) is 44.1 Å². The maximum absolute atomic E-state index is 12.7. The number of rotatable bonds is 10. The zero-order valence-corrected chi connectivity index (χ0v) is 18.0. The van der Waals surface area contributed by atoms with E-state index in [1.54, 1.807) is 26.0 Å². The summed E-state index contributed by atoms with van der Waals surface area (Å²) in [5.74, 6) is -2.29. The number of esters is 1. The molecule has 0 aromatic rings. The highest BCUT2D eigenvalue weighted by Gasteiger charge is 2.35. The van der Waals surface area contributed by atoms with Crippen LogP contribution in [0.5, 0.6) is 0 Å². The third-order valence-corrected chi connectivity index (χ3v) is 5.55. The fourth-order valence-corrected chi connectivity index (χ4v) is 3.45. The molecule has 1 fully saturated rings. The summed E-state index contributed by atoms with van der Waals surface area (Å²) in [5, 5.41) is 18.0. The Morgan fingerprint density at radius 3 is 2.03 bits per heavy atom. The van der Waals surface area contributed by atoms with E-state index in [0.29, 0.717) is 30.4 Å². The molecule has 0 radical (unpaired) electrons. The number of aliphatic carboxylic acids is 2. The lowest BCUT2D eigenvalue weighted by Crippen LogP contribution is -2.36. The van der Waals surface area contributed by atoms with Crippen molar-refractivity contribution >= 4 is 17.9 Å². The monoisotopic (exact) mass is 406 g/mol. The number of unbranched alkanes of at least 4 members (excludes halogenated alkanes) is 2. The van der Waals surface area contributed by atoms with E-state index in [9.17, 15) is 19.5 Å². The summed E-state index contributed by atoms with van der Waals surface area (Å²) in [6.45, 7) is 6.76. The van der Waals surface area contributed by atoms with Gasteiger partial charge >= 0.3 is 17.9 Å². The van der Waals surface area contributed by atoms with Crippen LogP contribution in [0.3, 0.4) is 0 Å². The van der Waals surface area contributed by atoms with Gasteiger partial charge < -0.3 is 14.9 Å². The normalized spacial score (nSPS) is 18.1. The molecule has 0 atom stereocenters. The first-order chi connectivity index (χ1) is 13.6. The van der Waals surface area contributed by atoms with Gasteiger partial charge in [0.1, 0.15) is 5.60 Å². The van der Waals surface area contributed by atoms with Crippen LogP contribution in [0.4, 0.5) is 0 Å². The molecule has 0 aromatic heterocycles. The van der Waals surface area contributed by atoms with Crippen molar-refractivity contribution in [3.63, 3.8) is 0 Å². The van der Waals surface area contributed by atoms with Gasteiger partial charge in [0.25, 0.3) is 0 Å². The van der Waals surface area contributed by atoms with E-state index >= 15 is 0 Å². The maximum Gasteiger partial charge on any atom is 0.334 e. The van der Waals surface area contributed by atoms with Crippen LogP contribution < -0.4 is 0 Å². The summed E-state index contributed by atoms with van der Waals surface area (Å²) in [6, 6.07) is 0. The number of carbonyl (C=O) groups is 3. The number of carbonyl (C=O) groups excluding carboxylic acids is 1. The second kappa shape index (κ2) is 11.6. The average molecular weight is 407 g/mol. The zero-order chi connectivity index (χ0) is 22.0. The number of carboxylic acid groups (broad SMARTS) is 2. The third-order valence-electron chi connectivity index (χ3n) is 5.55. The molecule has 0 saturated heterocycles. The SMILES string of the molecule is CC(=CCCCCC(C)=C(C)C(=O)OC1(C=C(C)C(=O)O)CCCCC1)C(=O)O. The Labute approximate surface area is 173 Å². The molecular weight excluding hydrogens is 372 g/mol. The molecule has 0 spiro atoms. The highest BCUT2D eigenvalue weighted by Crippen LogP contribution is 2.35. The van der Waals surface area contributed by atoms with Crippen molar-refractivity contribution in [1.29, 1.82) is 0 Å². The lowest BCUT2D eigenvalue weighted by molar-refractivity contribution is -0.153. The average Bonchev–Trinajstić information content (AvgIpc) is 2.66. The molecule has 0 heterocycles. The van der Waals surface area contributed by atoms with Crippen molar-refractivity contribution in [2.24, 2.45) is 0 Å². The highest BCUT2D eigenvalue weighted by molar-refractivity contribution is 5.89. The van der Waals surface area contributed by atoms with Gasteiger partial charge in [0.15, 0.2) is 0 Å². The van der Waals surface area contributed by atoms with Crippen LogP contribution in [0, 0.1) is 0 Å². The van der Waals surface area contributed by atoms with E-state index in [1.807, 2.05) is 6.92 Å². The Morgan fingerprint density at radius 1 is 0.897 bits per heavy atom. The Hall–Kier alpha value is -2.37. The maximum atomic E-state index is 12.7. The molecule has 162 valence electrons. The van der Waals surface area contributed by atoms with Crippen molar-refractivity contribution < 1.29 is 29.3 Å². The Balaban J connectivity index is 2.73. The van der Waals surface area contributed by atoms with Gasteiger partial charge in [0, 0.05) is 16.7 Å². The van der Waals surface area contributed by atoms with Crippen molar-refractivity contribution in [1.82, 2.24) is 0 Å². The lowest BCUT2D eigenvalue weighted by Gasteiger charge is -2.35. The van der Waals surface area contributed by atoms with Gasteiger partial charge in [-0.05, 0) is 85.1 Å². The van der Waals surface area contributed by atoms with Crippen LogP contribution in [-0.2, 0) is 19.1 Å². The number of allylic oxidation sites excluding steroid dienone is 2. The number of hydrogen-bond acceptors (Lipinski definition) is 4. The molecule has 1 saturated carbocycles. The van der Waals surface area contributed by atoms with Crippen LogP contribution >= 0.6 is 0 Å². The molecule has 1 rings (SSSR count). The molecule has 29 heavy (non-hydrogen) atoms. The van der Waals surface area contributed by atoms with Crippen molar-refractivity contribution in [3.05, 3.63) is 34.4 Å². The minimum atomic E-state index is -0.998. The van der Waals surface area contributed by atoms with E-state index in [4.69, 9.17) is 9.84 Å². The first-order valence-electron chi connectivity index (χ1n) is 10.3. The first kappa shape index (κ1) is 24.7. The number of carboxylic acids is 2. The second-order valence-corrected chi connectivity index (χ2v) is 7.99. The highest BCUT2D eigenvalue weighted by atomic mass is 16.6. The molecule has 2 N–H and O–H groups in total. The zero-order valence-electron chi connectivity index (χ0n) is 18.0. The second-order valence-electron chi connectivity index (χ2n) is 7.99. The van der Waals surface area contributed by atoms with Gasteiger partial charge in [-0.15, -0.1) is 0 Å². The summed E-state index contributed by atoms with van der Waals surface area (Å²) < 4.78 is 5.86. The van der Waals surface area contributed by atoms with Gasteiger partial charge in [0.2, 0.25) is 0 Å². The number of ether oxygens (including phenoxy) is 1.